The minimum atomic E-state index is 0.0590. The number of hydrogen-bond donors (Lipinski definition) is 0. The van der Waals surface area contributed by atoms with Gasteiger partial charge in [-0.2, -0.15) is 0 Å². The maximum absolute atomic E-state index is 12.3. The van der Waals surface area contributed by atoms with Crippen LogP contribution in [0.3, 0.4) is 0 Å². The van der Waals surface area contributed by atoms with E-state index in [1.807, 2.05) is 35.8 Å². The van der Waals surface area contributed by atoms with Crippen LogP contribution in [-0.4, -0.2) is 39.2 Å². The summed E-state index contributed by atoms with van der Waals surface area (Å²) in [5.74, 6) is 1.15. The average Bonchev–Trinajstić information content (AvgIpc) is 2.76. The molecule has 1 aromatic heterocycles. The zero-order valence-corrected chi connectivity index (χ0v) is 11.5. The normalized spacial score (nSPS) is 15.8. The van der Waals surface area contributed by atoms with Gasteiger partial charge in [0.25, 0.3) is 0 Å². The van der Waals surface area contributed by atoms with Crippen LogP contribution in [0.15, 0.2) is 24.3 Å². The predicted octanol–water partition coefficient (Wildman–Crippen LogP) is 1.54. The largest absolute Gasteiger partial charge is 0.340 e. The standard InChI is InChI=1S/C15H17N3O2/c1-11-16-13-4-2-3-5-14(13)18(11)10-15(20)17-8-6-12(19)7-9-17/h2-5H,6-10H2,1H3. The molecule has 0 aliphatic carbocycles. The van der Waals surface area contributed by atoms with E-state index in [-0.39, 0.29) is 11.7 Å². The Balaban J connectivity index is 1.81. The van der Waals surface area contributed by atoms with Gasteiger partial charge in [0.2, 0.25) is 5.91 Å². The van der Waals surface area contributed by atoms with Crippen molar-refractivity contribution in [3.8, 4) is 0 Å². The van der Waals surface area contributed by atoms with Gasteiger partial charge in [0.1, 0.15) is 18.2 Å². The maximum Gasteiger partial charge on any atom is 0.242 e. The second-order valence-electron chi connectivity index (χ2n) is 5.15. The molecule has 0 N–H and O–H groups in total. The summed E-state index contributed by atoms with van der Waals surface area (Å²) < 4.78 is 1.94. The van der Waals surface area contributed by atoms with E-state index < -0.39 is 0 Å². The SMILES string of the molecule is Cc1nc2ccccc2n1CC(=O)N1CCC(=O)CC1. The molecule has 1 aromatic carbocycles. The lowest BCUT2D eigenvalue weighted by Gasteiger charge is -2.26. The van der Waals surface area contributed by atoms with Crippen molar-refractivity contribution < 1.29 is 9.59 Å². The van der Waals surface area contributed by atoms with Gasteiger partial charge < -0.3 is 9.47 Å². The number of amides is 1. The Hall–Kier alpha value is -2.17. The molecule has 1 saturated heterocycles. The van der Waals surface area contributed by atoms with Gasteiger partial charge in [0, 0.05) is 25.9 Å². The molecule has 5 nitrogen and oxygen atoms in total. The molecule has 104 valence electrons. The molecular formula is C15H17N3O2. The Morgan fingerprint density at radius 2 is 1.95 bits per heavy atom. The Labute approximate surface area is 117 Å². The molecule has 1 fully saturated rings. The Morgan fingerprint density at radius 3 is 2.70 bits per heavy atom. The van der Waals surface area contributed by atoms with Crippen LogP contribution in [0, 0.1) is 6.92 Å². The quantitative estimate of drug-likeness (QED) is 0.832. The summed E-state index contributed by atoms with van der Waals surface area (Å²) in [4.78, 5) is 29.8. The molecule has 0 unspecified atom stereocenters. The molecule has 0 spiro atoms. The molecule has 1 amide bonds. The number of Topliss-reactive ketones (excluding diaryl/α,β-unsaturated/α-hetero) is 1. The third-order valence-corrected chi connectivity index (χ3v) is 3.81. The number of nitrogens with zero attached hydrogens (tertiary/aromatic N) is 3. The highest BCUT2D eigenvalue weighted by Gasteiger charge is 2.21. The molecule has 5 heteroatoms. The number of para-hydroxylation sites is 2. The number of rotatable bonds is 2. The molecule has 1 aliphatic rings. The van der Waals surface area contributed by atoms with Gasteiger partial charge in [0.15, 0.2) is 0 Å². The number of piperidine rings is 1. The number of aryl methyl sites for hydroxylation is 1. The topological polar surface area (TPSA) is 55.2 Å². The number of carbonyl (C=O) groups excluding carboxylic acids is 2. The van der Waals surface area contributed by atoms with Crippen molar-refractivity contribution in [3.63, 3.8) is 0 Å². The second kappa shape index (κ2) is 5.07. The molecule has 3 rings (SSSR count). The highest BCUT2D eigenvalue weighted by Crippen LogP contribution is 2.16. The van der Waals surface area contributed by atoms with E-state index in [9.17, 15) is 9.59 Å². The first-order chi connectivity index (χ1) is 9.65. The van der Waals surface area contributed by atoms with E-state index in [0.717, 1.165) is 16.9 Å². The van der Waals surface area contributed by atoms with Crippen molar-refractivity contribution in [3.05, 3.63) is 30.1 Å². The van der Waals surface area contributed by atoms with Crippen LogP contribution in [0.2, 0.25) is 0 Å². The molecule has 20 heavy (non-hydrogen) atoms. The van der Waals surface area contributed by atoms with Gasteiger partial charge in [-0.05, 0) is 19.1 Å². The number of benzene rings is 1. The number of hydrogen-bond acceptors (Lipinski definition) is 3. The van der Waals surface area contributed by atoms with E-state index in [4.69, 9.17) is 0 Å². The second-order valence-corrected chi connectivity index (χ2v) is 5.15. The van der Waals surface area contributed by atoms with E-state index >= 15 is 0 Å². The summed E-state index contributed by atoms with van der Waals surface area (Å²) in [6.45, 7) is 3.29. The minimum absolute atomic E-state index is 0.0590. The van der Waals surface area contributed by atoms with E-state index in [1.54, 1.807) is 4.90 Å². The molecule has 0 radical (unpaired) electrons. The van der Waals surface area contributed by atoms with Crippen molar-refractivity contribution in [2.45, 2.75) is 26.3 Å². The van der Waals surface area contributed by atoms with E-state index in [2.05, 4.69) is 4.98 Å². The highest BCUT2D eigenvalue weighted by molar-refractivity contribution is 5.84. The fourth-order valence-electron chi connectivity index (χ4n) is 2.64. The van der Waals surface area contributed by atoms with Gasteiger partial charge in [-0.25, -0.2) is 4.98 Å². The van der Waals surface area contributed by atoms with E-state index in [0.29, 0.717) is 32.5 Å². The average molecular weight is 271 g/mol. The lowest BCUT2D eigenvalue weighted by molar-refractivity contribution is -0.135. The number of aromatic nitrogens is 2. The Morgan fingerprint density at radius 1 is 1.25 bits per heavy atom. The third-order valence-electron chi connectivity index (χ3n) is 3.81. The zero-order valence-electron chi connectivity index (χ0n) is 11.5. The van der Waals surface area contributed by atoms with Crippen molar-refractivity contribution in [2.24, 2.45) is 0 Å². The molecule has 0 saturated carbocycles. The summed E-state index contributed by atoms with van der Waals surface area (Å²) in [5, 5.41) is 0. The predicted molar refractivity (Wildman–Crippen MR) is 75.3 cm³/mol. The molecule has 0 bridgehead atoms. The first-order valence-electron chi connectivity index (χ1n) is 6.86. The fraction of sp³-hybridized carbons (Fsp3) is 0.400. The van der Waals surface area contributed by atoms with E-state index in [1.165, 1.54) is 0 Å². The smallest absolute Gasteiger partial charge is 0.242 e. The van der Waals surface area contributed by atoms with Gasteiger partial charge in [-0.3, -0.25) is 9.59 Å². The number of imidazole rings is 1. The van der Waals surface area contributed by atoms with Crippen molar-refractivity contribution in [1.29, 1.82) is 0 Å². The van der Waals surface area contributed by atoms with Crippen LogP contribution >= 0.6 is 0 Å². The highest BCUT2D eigenvalue weighted by atomic mass is 16.2. The van der Waals surface area contributed by atoms with Crippen molar-refractivity contribution >= 4 is 22.7 Å². The van der Waals surface area contributed by atoms with Crippen LogP contribution in [0.5, 0.6) is 0 Å². The molecule has 2 aromatic rings. The molecular weight excluding hydrogens is 254 g/mol. The van der Waals surface area contributed by atoms with Gasteiger partial charge in [-0.15, -0.1) is 0 Å². The summed E-state index contributed by atoms with van der Waals surface area (Å²) in [5.41, 5.74) is 1.89. The number of carbonyl (C=O) groups is 2. The first kappa shape index (κ1) is 12.8. The van der Waals surface area contributed by atoms with Crippen LogP contribution in [-0.2, 0) is 16.1 Å². The van der Waals surface area contributed by atoms with Gasteiger partial charge in [-0.1, -0.05) is 12.1 Å². The van der Waals surface area contributed by atoms with Crippen LogP contribution < -0.4 is 0 Å². The summed E-state index contributed by atoms with van der Waals surface area (Å²) in [6.07, 6.45) is 0.963. The number of fused-ring (bicyclic) bond motifs is 1. The molecule has 1 aliphatic heterocycles. The minimum Gasteiger partial charge on any atom is -0.340 e. The lowest BCUT2D eigenvalue weighted by atomic mass is 10.1. The fourth-order valence-corrected chi connectivity index (χ4v) is 2.64. The first-order valence-corrected chi connectivity index (χ1v) is 6.86. The monoisotopic (exact) mass is 271 g/mol. The van der Waals surface area contributed by atoms with Crippen LogP contribution in [0.1, 0.15) is 18.7 Å². The summed E-state index contributed by atoms with van der Waals surface area (Å²) >= 11 is 0. The van der Waals surface area contributed by atoms with Gasteiger partial charge in [0.05, 0.1) is 11.0 Å². The lowest BCUT2D eigenvalue weighted by Crippen LogP contribution is -2.40. The Bertz CT molecular complexity index is 665. The van der Waals surface area contributed by atoms with Crippen molar-refractivity contribution in [1.82, 2.24) is 14.5 Å². The zero-order chi connectivity index (χ0) is 14.1. The van der Waals surface area contributed by atoms with Crippen LogP contribution in [0.25, 0.3) is 11.0 Å². The number of ketones is 1. The van der Waals surface area contributed by atoms with Crippen molar-refractivity contribution in [2.75, 3.05) is 13.1 Å². The Kier molecular flexibility index (Phi) is 3.26. The molecule has 0 atom stereocenters. The number of likely N-dealkylation sites (tertiary alicyclic amines) is 1. The summed E-state index contributed by atoms with van der Waals surface area (Å²) in [6, 6.07) is 7.81. The van der Waals surface area contributed by atoms with Gasteiger partial charge >= 0.3 is 0 Å². The third kappa shape index (κ3) is 2.31. The van der Waals surface area contributed by atoms with Crippen LogP contribution in [0.4, 0.5) is 0 Å². The maximum atomic E-state index is 12.3. The summed E-state index contributed by atoms with van der Waals surface area (Å²) in [7, 11) is 0. The molecule has 2 heterocycles.